The zero-order valence-electron chi connectivity index (χ0n) is 14.4. The predicted molar refractivity (Wildman–Crippen MR) is 94.6 cm³/mol. The summed E-state index contributed by atoms with van der Waals surface area (Å²) in [4.78, 5) is 38.6. The van der Waals surface area contributed by atoms with Gasteiger partial charge in [0, 0.05) is 13.1 Å². The van der Waals surface area contributed by atoms with Crippen molar-refractivity contribution < 1.29 is 29.0 Å². The molecule has 2 aromatic carbocycles. The lowest BCUT2D eigenvalue weighted by atomic mass is 10.2. The van der Waals surface area contributed by atoms with Gasteiger partial charge in [-0.2, -0.15) is 0 Å². The van der Waals surface area contributed by atoms with E-state index < -0.39 is 24.2 Å². The first-order valence-corrected chi connectivity index (χ1v) is 8.32. The Kier molecular flexibility index (Phi) is 5.55. The summed E-state index contributed by atoms with van der Waals surface area (Å²) in [6.07, 6.45) is -1.44. The molecule has 1 N–H and O–H groups in total. The molecule has 3 rings (SSSR count). The van der Waals surface area contributed by atoms with Crippen LogP contribution in [0.4, 0.5) is 9.59 Å². The third-order valence-corrected chi connectivity index (χ3v) is 4.05. The average molecular weight is 370 g/mol. The third kappa shape index (κ3) is 4.55. The molecule has 1 saturated heterocycles. The first-order valence-electron chi connectivity index (χ1n) is 8.32. The molecule has 27 heavy (non-hydrogen) atoms. The van der Waals surface area contributed by atoms with Crippen molar-refractivity contribution in [2.45, 2.75) is 6.04 Å². The highest BCUT2D eigenvalue weighted by molar-refractivity contribution is 5.82. The number of rotatable bonds is 3. The monoisotopic (exact) mass is 370 g/mol. The number of ether oxygens (including phenoxy) is 2. The van der Waals surface area contributed by atoms with Crippen molar-refractivity contribution in [2.24, 2.45) is 0 Å². The van der Waals surface area contributed by atoms with E-state index in [1.54, 1.807) is 60.7 Å². The number of carbonyl (C=O) groups excluding carboxylic acids is 2. The third-order valence-electron chi connectivity index (χ3n) is 4.05. The van der Waals surface area contributed by atoms with Crippen LogP contribution in [0.15, 0.2) is 60.7 Å². The van der Waals surface area contributed by atoms with Crippen LogP contribution in [0.2, 0.25) is 0 Å². The number of hydrogen-bond acceptors (Lipinski definition) is 5. The topological polar surface area (TPSA) is 96.4 Å². The van der Waals surface area contributed by atoms with Gasteiger partial charge in [-0.3, -0.25) is 4.90 Å². The predicted octanol–water partition coefficient (Wildman–Crippen LogP) is 2.46. The molecule has 140 valence electrons. The van der Waals surface area contributed by atoms with Crippen molar-refractivity contribution in [3.8, 4) is 11.5 Å². The number of benzene rings is 2. The van der Waals surface area contributed by atoms with E-state index in [-0.39, 0.29) is 19.6 Å². The molecule has 1 unspecified atom stereocenters. The maximum absolute atomic E-state index is 12.4. The average Bonchev–Trinajstić information content (AvgIpc) is 2.69. The molecule has 2 aromatic rings. The summed E-state index contributed by atoms with van der Waals surface area (Å²) in [5.74, 6) is -0.546. The SMILES string of the molecule is O=C(O)C1CN(C(=O)Oc2ccccc2)CCN1C(=O)Oc1ccccc1. The summed E-state index contributed by atoms with van der Waals surface area (Å²) < 4.78 is 10.4. The second kappa shape index (κ2) is 8.22. The van der Waals surface area contributed by atoms with E-state index >= 15 is 0 Å². The number of nitrogens with zero attached hydrogens (tertiary/aromatic N) is 2. The van der Waals surface area contributed by atoms with Crippen LogP contribution >= 0.6 is 0 Å². The Bertz CT molecular complexity index is 811. The highest BCUT2D eigenvalue weighted by Gasteiger charge is 2.38. The smallest absolute Gasteiger partial charge is 0.416 e. The second-order valence-corrected chi connectivity index (χ2v) is 5.86. The number of hydrogen-bond donors (Lipinski definition) is 1. The van der Waals surface area contributed by atoms with Crippen molar-refractivity contribution in [1.82, 2.24) is 9.80 Å². The van der Waals surface area contributed by atoms with Crippen molar-refractivity contribution in [3.05, 3.63) is 60.7 Å². The molecule has 0 saturated carbocycles. The van der Waals surface area contributed by atoms with E-state index in [2.05, 4.69) is 0 Å². The van der Waals surface area contributed by atoms with Crippen molar-refractivity contribution in [1.29, 1.82) is 0 Å². The Morgan fingerprint density at radius 3 is 1.85 bits per heavy atom. The van der Waals surface area contributed by atoms with Crippen LogP contribution in [0.1, 0.15) is 0 Å². The molecule has 8 nitrogen and oxygen atoms in total. The van der Waals surface area contributed by atoms with E-state index in [9.17, 15) is 19.5 Å². The molecule has 0 radical (unpaired) electrons. The Morgan fingerprint density at radius 1 is 0.815 bits per heavy atom. The van der Waals surface area contributed by atoms with Crippen LogP contribution in [0.5, 0.6) is 11.5 Å². The summed E-state index contributed by atoms with van der Waals surface area (Å²) in [5, 5.41) is 9.48. The molecule has 0 aromatic heterocycles. The molecule has 1 atom stereocenters. The zero-order valence-corrected chi connectivity index (χ0v) is 14.4. The lowest BCUT2D eigenvalue weighted by Gasteiger charge is -2.37. The van der Waals surface area contributed by atoms with Crippen molar-refractivity contribution >= 4 is 18.2 Å². The maximum Gasteiger partial charge on any atom is 0.416 e. The lowest BCUT2D eigenvalue weighted by Crippen LogP contribution is -2.60. The lowest BCUT2D eigenvalue weighted by molar-refractivity contribution is -0.144. The van der Waals surface area contributed by atoms with Gasteiger partial charge in [-0.25, -0.2) is 14.4 Å². The van der Waals surface area contributed by atoms with Crippen LogP contribution in [-0.2, 0) is 4.79 Å². The van der Waals surface area contributed by atoms with Gasteiger partial charge in [0.15, 0.2) is 6.04 Å². The molecule has 0 aliphatic carbocycles. The quantitative estimate of drug-likeness (QED) is 0.892. The number of aliphatic carboxylic acids is 1. The molecule has 0 bridgehead atoms. The van der Waals surface area contributed by atoms with Crippen LogP contribution in [0.3, 0.4) is 0 Å². The van der Waals surface area contributed by atoms with Gasteiger partial charge in [-0.05, 0) is 24.3 Å². The Labute approximate surface area is 155 Å². The number of carboxylic acids is 1. The van der Waals surface area contributed by atoms with Gasteiger partial charge in [0.2, 0.25) is 0 Å². The van der Waals surface area contributed by atoms with Crippen molar-refractivity contribution in [3.63, 3.8) is 0 Å². The second-order valence-electron chi connectivity index (χ2n) is 5.86. The number of para-hydroxylation sites is 2. The Morgan fingerprint density at radius 2 is 1.33 bits per heavy atom. The van der Waals surface area contributed by atoms with Gasteiger partial charge in [0.05, 0.1) is 6.54 Å². The Hall–Kier alpha value is -3.55. The highest BCUT2D eigenvalue weighted by Crippen LogP contribution is 2.17. The number of piperazine rings is 1. The van der Waals surface area contributed by atoms with Crippen LogP contribution in [0, 0.1) is 0 Å². The summed E-state index contributed by atoms with van der Waals surface area (Å²) >= 11 is 0. The van der Waals surface area contributed by atoms with Gasteiger partial charge in [0.1, 0.15) is 11.5 Å². The molecule has 0 spiro atoms. The molecule has 8 heteroatoms. The van der Waals surface area contributed by atoms with Crippen LogP contribution in [0.25, 0.3) is 0 Å². The van der Waals surface area contributed by atoms with E-state index in [0.29, 0.717) is 11.5 Å². The minimum atomic E-state index is -1.22. The summed E-state index contributed by atoms with van der Waals surface area (Å²) in [7, 11) is 0. The fraction of sp³-hybridized carbons (Fsp3) is 0.211. The minimum Gasteiger partial charge on any atom is -0.480 e. The van der Waals surface area contributed by atoms with Gasteiger partial charge in [0.25, 0.3) is 0 Å². The minimum absolute atomic E-state index is 0.0204. The van der Waals surface area contributed by atoms with Gasteiger partial charge >= 0.3 is 18.2 Å². The Balaban J connectivity index is 1.65. The largest absolute Gasteiger partial charge is 0.480 e. The van der Waals surface area contributed by atoms with E-state index in [4.69, 9.17) is 9.47 Å². The molecule has 1 aliphatic rings. The maximum atomic E-state index is 12.4. The molecule has 1 aliphatic heterocycles. The molecule has 1 heterocycles. The van der Waals surface area contributed by atoms with Crippen molar-refractivity contribution in [2.75, 3.05) is 19.6 Å². The molecule has 1 fully saturated rings. The fourth-order valence-corrected chi connectivity index (χ4v) is 2.68. The van der Waals surface area contributed by atoms with Gasteiger partial charge in [-0.15, -0.1) is 0 Å². The molecular formula is C19H18N2O6. The zero-order chi connectivity index (χ0) is 19.2. The highest BCUT2D eigenvalue weighted by atomic mass is 16.6. The standard InChI is InChI=1S/C19H18N2O6/c22-17(23)16-13-20(18(24)26-14-7-3-1-4-8-14)11-12-21(16)19(25)27-15-9-5-2-6-10-15/h1-10,16H,11-13H2,(H,22,23). The first-order chi connectivity index (χ1) is 13.0. The molecular weight excluding hydrogens is 352 g/mol. The number of amides is 2. The van der Waals surface area contributed by atoms with E-state index in [1.165, 1.54) is 4.90 Å². The van der Waals surface area contributed by atoms with E-state index in [0.717, 1.165) is 4.90 Å². The van der Waals surface area contributed by atoms with Crippen LogP contribution < -0.4 is 9.47 Å². The van der Waals surface area contributed by atoms with E-state index in [1.807, 2.05) is 0 Å². The summed E-state index contributed by atoms with van der Waals surface area (Å²) in [6, 6.07) is 15.6. The summed E-state index contributed by atoms with van der Waals surface area (Å²) in [5.41, 5.74) is 0. The molecule has 2 amide bonds. The first kappa shape index (κ1) is 18.2. The van der Waals surface area contributed by atoms with Gasteiger partial charge < -0.3 is 19.5 Å². The number of carboxylic acid groups (broad SMARTS) is 1. The normalized spacial score (nSPS) is 16.5. The fourth-order valence-electron chi connectivity index (χ4n) is 2.68. The van der Waals surface area contributed by atoms with Crippen LogP contribution in [-0.4, -0.2) is 58.7 Å². The van der Waals surface area contributed by atoms with Gasteiger partial charge in [-0.1, -0.05) is 36.4 Å². The summed E-state index contributed by atoms with van der Waals surface area (Å²) in [6.45, 7) is -0.0310. The number of carbonyl (C=O) groups is 3.